The van der Waals surface area contributed by atoms with E-state index in [9.17, 15) is 22.7 Å². The molecule has 0 aromatic heterocycles. The second-order valence-corrected chi connectivity index (χ2v) is 7.68. The first-order valence-electron chi connectivity index (χ1n) is 7.08. The van der Waals surface area contributed by atoms with Crippen LogP contribution in [0.2, 0.25) is 5.02 Å². The van der Waals surface area contributed by atoms with E-state index in [4.69, 9.17) is 16.7 Å². The maximum atomic E-state index is 14.0. The van der Waals surface area contributed by atoms with Crippen molar-refractivity contribution in [2.75, 3.05) is 0 Å². The Labute approximate surface area is 138 Å². The second-order valence-electron chi connectivity index (χ2n) is 5.59. The molecule has 9 heteroatoms. The van der Waals surface area contributed by atoms with Crippen molar-refractivity contribution < 1.29 is 27.8 Å². The summed E-state index contributed by atoms with van der Waals surface area (Å²) in [6.45, 7) is 1.78. The lowest BCUT2D eigenvalue weighted by Gasteiger charge is -2.37. The van der Waals surface area contributed by atoms with Crippen LogP contribution in [-0.2, 0) is 10.0 Å². The van der Waals surface area contributed by atoms with Gasteiger partial charge in [0, 0.05) is 6.04 Å². The fourth-order valence-corrected chi connectivity index (χ4v) is 4.34. The smallest absolute Gasteiger partial charge is 0.337 e. The molecule has 0 heterocycles. The van der Waals surface area contributed by atoms with Crippen molar-refractivity contribution in [2.45, 2.75) is 43.2 Å². The van der Waals surface area contributed by atoms with Gasteiger partial charge in [0.05, 0.1) is 16.7 Å². The van der Waals surface area contributed by atoms with E-state index >= 15 is 0 Å². The standard InChI is InChI=1S/C14H17ClFNO5S/c1-2-12(7-3-8(18)4-7)17-23(21,22)13-5-9(14(19)20)10(15)6-11(13)16/h5-8,12,17-18H,2-4H2,1H3,(H,19,20). The van der Waals surface area contributed by atoms with Crippen LogP contribution in [0.1, 0.15) is 36.5 Å². The maximum Gasteiger partial charge on any atom is 0.337 e. The molecule has 0 radical (unpaired) electrons. The topological polar surface area (TPSA) is 104 Å². The molecule has 23 heavy (non-hydrogen) atoms. The molecule has 1 aromatic rings. The van der Waals surface area contributed by atoms with Crippen molar-refractivity contribution in [1.82, 2.24) is 4.72 Å². The Balaban J connectivity index is 2.32. The molecular weight excluding hydrogens is 349 g/mol. The van der Waals surface area contributed by atoms with Crippen LogP contribution in [0.5, 0.6) is 0 Å². The number of carboxylic acid groups (broad SMARTS) is 1. The molecule has 1 fully saturated rings. The highest BCUT2D eigenvalue weighted by Crippen LogP contribution is 2.32. The number of benzene rings is 1. The van der Waals surface area contributed by atoms with Gasteiger partial charge in [0.2, 0.25) is 10.0 Å². The molecule has 1 saturated carbocycles. The lowest BCUT2D eigenvalue weighted by atomic mass is 9.77. The molecule has 0 amide bonds. The van der Waals surface area contributed by atoms with Crippen molar-refractivity contribution in [3.05, 3.63) is 28.5 Å². The van der Waals surface area contributed by atoms with E-state index in [1.807, 2.05) is 0 Å². The first kappa shape index (κ1) is 18.1. The summed E-state index contributed by atoms with van der Waals surface area (Å²) in [6.07, 6.45) is 0.983. The minimum absolute atomic E-state index is 0.0286. The fraction of sp³-hybridized carbons (Fsp3) is 0.500. The monoisotopic (exact) mass is 365 g/mol. The van der Waals surface area contributed by atoms with Crippen molar-refractivity contribution in [1.29, 1.82) is 0 Å². The van der Waals surface area contributed by atoms with E-state index < -0.39 is 44.4 Å². The Kier molecular flexibility index (Phi) is 5.30. The van der Waals surface area contributed by atoms with Crippen LogP contribution >= 0.6 is 11.6 Å². The SMILES string of the molecule is CCC(NS(=O)(=O)c1cc(C(=O)O)c(Cl)cc1F)C1CC(O)C1. The first-order valence-corrected chi connectivity index (χ1v) is 8.94. The Hall–Kier alpha value is -1.22. The van der Waals surface area contributed by atoms with Gasteiger partial charge in [0.25, 0.3) is 0 Å². The number of sulfonamides is 1. The fourth-order valence-electron chi connectivity index (χ4n) is 2.63. The molecule has 1 atom stereocenters. The maximum absolute atomic E-state index is 14.0. The first-order chi connectivity index (χ1) is 10.7. The zero-order valence-corrected chi connectivity index (χ0v) is 13.9. The molecule has 0 spiro atoms. The third-order valence-electron chi connectivity index (χ3n) is 4.01. The number of aliphatic hydroxyl groups is 1. The van der Waals surface area contributed by atoms with E-state index in [-0.39, 0.29) is 10.9 Å². The Morgan fingerprint density at radius 3 is 2.57 bits per heavy atom. The van der Waals surface area contributed by atoms with Gasteiger partial charge >= 0.3 is 5.97 Å². The third kappa shape index (κ3) is 3.82. The molecule has 1 aliphatic carbocycles. The highest BCUT2D eigenvalue weighted by molar-refractivity contribution is 7.89. The van der Waals surface area contributed by atoms with E-state index in [2.05, 4.69) is 4.72 Å². The molecule has 0 aliphatic heterocycles. The summed E-state index contributed by atoms with van der Waals surface area (Å²) in [4.78, 5) is 10.3. The average molecular weight is 366 g/mol. The zero-order chi connectivity index (χ0) is 17.4. The van der Waals surface area contributed by atoms with Crippen molar-refractivity contribution >= 4 is 27.6 Å². The number of carboxylic acids is 1. The van der Waals surface area contributed by atoms with Crippen molar-refractivity contribution in [2.24, 2.45) is 5.92 Å². The molecular formula is C14H17ClFNO5S. The molecule has 2 rings (SSSR count). The third-order valence-corrected chi connectivity index (χ3v) is 5.82. The molecule has 6 nitrogen and oxygen atoms in total. The van der Waals surface area contributed by atoms with Crippen LogP contribution < -0.4 is 4.72 Å². The molecule has 3 N–H and O–H groups in total. The van der Waals surface area contributed by atoms with Crippen LogP contribution in [0.4, 0.5) is 4.39 Å². The molecule has 1 unspecified atom stereocenters. The quantitative estimate of drug-likeness (QED) is 0.715. The minimum Gasteiger partial charge on any atom is -0.478 e. The number of aliphatic hydroxyl groups excluding tert-OH is 1. The number of aromatic carboxylic acids is 1. The largest absolute Gasteiger partial charge is 0.478 e. The highest BCUT2D eigenvalue weighted by atomic mass is 35.5. The summed E-state index contributed by atoms with van der Waals surface area (Å²) in [6, 6.07) is 0.935. The van der Waals surface area contributed by atoms with Gasteiger partial charge in [0.15, 0.2) is 0 Å². The summed E-state index contributed by atoms with van der Waals surface area (Å²) < 4.78 is 41.1. The number of nitrogens with one attached hydrogen (secondary N) is 1. The van der Waals surface area contributed by atoms with Gasteiger partial charge in [-0.1, -0.05) is 18.5 Å². The van der Waals surface area contributed by atoms with E-state index in [0.717, 1.165) is 0 Å². The minimum atomic E-state index is -4.24. The summed E-state index contributed by atoms with van der Waals surface area (Å²) >= 11 is 5.61. The average Bonchev–Trinajstić information content (AvgIpc) is 2.40. The number of rotatable bonds is 6. The molecule has 128 valence electrons. The molecule has 1 aliphatic rings. The van der Waals surface area contributed by atoms with Crippen LogP contribution in [0.25, 0.3) is 0 Å². The molecule has 0 bridgehead atoms. The Morgan fingerprint density at radius 2 is 2.09 bits per heavy atom. The molecule has 1 aromatic carbocycles. The predicted octanol–water partition coefficient (Wildman–Crippen LogP) is 2.01. The lowest BCUT2D eigenvalue weighted by Crippen LogP contribution is -2.46. The summed E-state index contributed by atoms with van der Waals surface area (Å²) in [7, 11) is -4.24. The van der Waals surface area contributed by atoms with Gasteiger partial charge in [0.1, 0.15) is 10.7 Å². The van der Waals surface area contributed by atoms with E-state index in [1.54, 1.807) is 6.92 Å². The van der Waals surface area contributed by atoms with E-state index in [1.165, 1.54) is 0 Å². The Bertz CT molecular complexity index is 718. The van der Waals surface area contributed by atoms with Crippen LogP contribution in [0, 0.1) is 11.7 Å². The number of hydrogen-bond donors (Lipinski definition) is 3. The summed E-state index contributed by atoms with van der Waals surface area (Å²) in [5.74, 6) is -2.59. The number of carbonyl (C=O) groups is 1. The van der Waals surface area contributed by atoms with Gasteiger partial charge in [-0.25, -0.2) is 22.3 Å². The van der Waals surface area contributed by atoms with Gasteiger partial charge in [-0.3, -0.25) is 0 Å². The van der Waals surface area contributed by atoms with Gasteiger partial charge < -0.3 is 10.2 Å². The van der Waals surface area contributed by atoms with Crippen LogP contribution in [-0.4, -0.2) is 36.7 Å². The van der Waals surface area contributed by atoms with Crippen molar-refractivity contribution in [3.63, 3.8) is 0 Å². The predicted molar refractivity (Wildman–Crippen MR) is 81.5 cm³/mol. The summed E-state index contributed by atoms with van der Waals surface area (Å²) in [5.41, 5.74) is -0.486. The number of hydrogen-bond acceptors (Lipinski definition) is 4. The normalized spacial score (nSPS) is 22.4. The van der Waals surface area contributed by atoms with Gasteiger partial charge in [-0.05, 0) is 37.3 Å². The lowest BCUT2D eigenvalue weighted by molar-refractivity contribution is 0.0277. The van der Waals surface area contributed by atoms with E-state index in [0.29, 0.717) is 31.4 Å². The van der Waals surface area contributed by atoms with Crippen molar-refractivity contribution in [3.8, 4) is 0 Å². The zero-order valence-electron chi connectivity index (χ0n) is 12.3. The summed E-state index contributed by atoms with van der Waals surface area (Å²) in [5, 5.41) is 18.0. The van der Waals surface area contributed by atoms with Gasteiger partial charge in [-0.15, -0.1) is 0 Å². The highest BCUT2D eigenvalue weighted by Gasteiger charge is 2.36. The van der Waals surface area contributed by atoms with Crippen LogP contribution in [0.3, 0.4) is 0 Å². The Morgan fingerprint density at radius 1 is 1.48 bits per heavy atom. The van der Waals surface area contributed by atoms with Crippen LogP contribution in [0.15, 0.2) is 17.0 Å². The second kappa shape index (κ2) is 6.72. The number of halogens is 2. The molecule has 0 saturated heterocycles. The van der Waals surface area contributed by atoms with Gasteiger partial charge in [-0.2, -0.15) is 0 Å².